The summed E-state index contributed by atoms with van der Waals surface area (Å²) in [7, 11) is -1.56. The van der Waals surface area contributed by atoms with Crippen LogP contribution in [-0.2, 0) is 4.43 Å². The minimum atomic E-state index is -1.56. The lowest BCUT2D eigenvalue weighted by atomic mass is 10.1. The van der Waals surface area contributed by atoms with Crippen molar-refractivity contribution in [2.24, 2.45) is 0 Å². The van der Waals surface area contributed by atoms with Gasteiger partial charge < -0.3 is 4.43 Å². The minimum Gasteiger partial charge on any atom is -0.417 e. The lowest BCUT2D eigenvalue weighted by Gasteiger charge is -2.36. The highest BCUT2D eigenvalue weighted by Crippen LogP contribution is 2.36. The molecule has 2 heteroatoms. The summed E-state index contributed by atoms with van der Waals surface area (Å²) in [5.74, 6) is 0. The summed E-state index contributed by atoms with van der Waals surface area (Å²) in [6, 6.07) is 0. The molecule has 0 spiro atoms. The van der Waals surface area contributed by atoms with Crippen molar-refractivity contribution in [3.05, 3.63) is 24.3 Å². The van der Waals surface area contributed by atoms with Crippen LogP contribution in [0, 0.1) is 0 Å². The number of hydrogen-bond donors (Lipinski definition) is 0. The molecule has 0 aliphatic rings. The Bertz CT molecular complexity index is 246. The molecule has 94 valence electrons. The van der Waals surface area contributed by atoms with Crippen LogP contribution in [0.1, 0.15) is 40.5 Å². The molecule has 0 radical (unpaired) electrons. The normalized spacial score (nSPS) is 14.0. The molecule has 0 aromatic carbocycles. The maximum atomic E-state index is 6.14. The molecule has 1 nitrogen and oxygen atoms in total. The van der Waals surface area contributed by atoms with Gasteiger partial charge in [0.15, 0.2) is 8.32 Å². The van der Waals surface area contributed by atoms with E-state index < -0.39 is 8.32 Å². The van der Waals surface area contributed by atoms with Crippen LogP contribution in [0.2, 0.25) is 18.1 Å². The standard InChI is InChI=1S/C14H28OSi/c1-8-10-13(9-2)11-12-15-16(6,7)14(3,4)5/h8-9H,1,10-12H2,2-7H3/b13-9+. The summed E-state index contributed by atoms with van der Waals surface area (Å²) >= 11 is 0. The minimum absolute atomic E-state index is 0.307. The van der Waals surface area contributed by atoms with Crippen LogP contribution in [0.5, 0.6) is 0 Å². The quantitative estimate of drug-likeness (QED) is 0.473. The Morgan fingerprint density at radius 1 is 1.31 bits per heavy atom. The molecule has 0 aliphatic carbocycles. The van der Waals surface area contributed by atoms with Gasteiger partial charge in [0.2, 0.25) is 0 Å². The molecule has 0 amide bonds. The molecule has 0 aliphatic heterocycles. The number of rotatable bonds is 6. The van der Waals surface area contributed by atoms with Gasteiger partial charge in [-0.25, -0.2) is 0 Å². The third-order valence-electron chi connectivity index (χ3n) is 3.51. The summed E-state index contributed by atoms with van der Waals surface area (Å²) in [5, 5.41) is 0.307. The summed E-state index contributed by atoms with van der Waals surface area (Å²) < 4.78 is 6.14. The number of hydrogen-bond acceptors (Lipinski definition) is 1. The van der Waals surface area contributed by atoms with Gasteiger partial charge in [-0.2, -0.15) is 0 Å². The van der Waals surface area contributed by atoms with E-state index in [1.165, 1.54) is 5.57 Å². The van der Waals surface area contributed by atoms with E-state index in [1.807, 2.05) is 6.08 Å². The third kappa shape index (κ3) is 5.13. The molecular weight excluding hydrogens is 212 g/mol. The fourth-order valence-corrected chi connectivity index (χ4v) is 2.25. The average molecular weight is 240 g/mol. The lowest BCUT2D eigenvalue weighted by molar-refractivity contribution is 0.291. The predicted octanol–water partition coefficient (Wildman–Crippen LogP) is 4.92. The van der Waals surface area contributed by atoms with Gasteiger partial charge in [0.1, 0.15) is 0 Å². The Labute approximate surface area is 103 Å². The summed E-state index contributed by atoms with van der Waals surface area (Å²) in [6.45, 7) is 18.1. The first-order valence-corrected chi connectivity index (χ1v) is 9.04. The van der Waals surface area contributed by atoms with E-state index in [2.05, 4.69) is 53.4 Å². The SMILES string of the molecule is C=CC/C(=C\C)CCO[Si](C)(C)C(C)(C)C. The molecule has 0 N–H and O–H groups in total. The van der Waals surface area contributed by atoms with Crippen LogP contribution in [-0.4, -0.2) is 14.9 Å². The Morgan fingerprint density at radius 2 is 1.88 bits per heavy atom. The first-order chi connectivity index (χ1) is 7.24. The van der Waals surface area contributed by atoms with Crippen LogP contribution in [0.15, 0.2) is 24.3 Å². The molecule has 0 fully saturated rings. The highest BCUT2D eigenvalue weighted by Gasteiger charge is 2.36. The van der Waals surface area contributed by atoms with Crippen molar-refractivity contribution in [2.75, 3.05) is 6.61 Å². The molecule has 0 heterocycles. The Balaban J connectivity index is 4.12. The van der Waals surface area contributed by atoms with E-state index in [0.29, 0.717) is 5.04 Å². The lowest BCUT2D eigenvalue weighted by Crippen LogP contribution is -2.41. The van der Waals surface area contributed by atoms with E-state index >= 15 is 0 Å². The predicted molar refractivity (Wildman–Crippen MR) is 76.3 cm³/mol. The van der Waals surface area contributed by atoms with E-state index in [9.17, 15) is 0 Å². The molecular formula is C14H28OSi. The summed E-state index contributed by atoms with van der Waals surface area (Å²) in [6.07, 6.45) is 6.16. The molecule has 0 unspecified atom stereocenters. The van der Waals surface area contributed by atoms with Crippen LogP contribution in [0.25, 0.3) is 0 Å². The Morgan fingerprint density at radius 3 is 2.25 bits per heavy atom. The monoisotopic (exact) mass is 240 g/mol. The van der Waals surface area contributed by atoms with Crippen LogP contribution >= 0.6 is 0 Å². The van der Waals surface area contributed by atoms with Crippen molar-refractivity contribution < 1.29 is 4.43 Å². The second-order valence-corrected chi connectivity index (χ2v) is 10.6. The van der Waals surface area contributed by atoms with Crippen LogP contribution in [0.4, 0.5) is 0 Å². The zero-order chi connectivity index (χ0) is 12.8. The first-order valence-electron chi connectivity index (χ1n) is 6.13. The molecule has 0 bridgehead atoms. The molecule has 0 saturated carbocycles. The van der Waals surface area contributed by atoms with Crippen molar-refractivity contribution in [1.82, 2.24) is 0 Å². The van der Waals surface area contributed by atoms with Gasteiger partial charge in [0.25, 0.3) is 0 Å². The molecule has 0 saturated heterocycles. The highest BCUT2D eigenvalue weighted by molar-refractivity contribution is 6.74. The van der Waals surface area contributed by atoms with Crippen LogP contribution < -0.4 is 0 Å². The summed E-state index contributed by atoms with van der Waals surface area (Å²) in [5.41, 5.74) is 1.42. The van der Waals surface area contributed by atoms with Crippen molar-refractivity contribution in [3.8, 4) is 0 Å². The molecule has 0 aromatic rings. The van der Waals surface area contributed by atoms with Gasteiger partial charge in [-0.3, -0.25) is 0 Å². The van der Waals surface area contributed by atoms with Crippen molar-refractivity contribution in [1.29, 1.82) is 0 Å². The van der Waals surface area contributed by atoms with Crippen molar-refractivity contribution in [3.63, 3.8) is 0 Å². The molecule has 16 heavy (non-hydrogen) atoms. The maximum absolute atomic E-state index is 6.14. The van der Waals surface area contributed by atoms with Gasteiger partial charge >= 0.3 is 0 Å². The van der Waals surface area contributed by atoms with Gasteiger partial charge in [-0.15, -0.1) is 6.58 Å². The van der Waals surface area contributed by atoms with Crippen molar-refractivity contribution in [2.45, 2.75) is 58.7 Å². The van der Waals surface area contributed by atoms with Gasteiger partial charge in [0, 0.05) is 6.61 Å². The first kappa shape index (κ1) is 15.7. The second kappa shape index (κ2) is 6.41. The maximum Gasteiger partial charge on any atom is 0.191 e. The second-order valence-electron chi connectivity index (χ2n) is 5.80. The third-order valence-corrected chi connectivity index (χ3v) is 8.05. The molecule has 0 rings (SSSR count). The van der Waals surface area contributed by atoms with Gasteiger partial charge in [0.05, 0.1) is 0 Å². The Hall–Kier alpha value is -0.343. The van der Waals surface area contributed by atoms with E-state index in [1.54, 1.807) is 0 Å². The average Bonchev–Trinajstić information content (AvgIpc) is 2.14. The number of allylic oxidation sites excluding steroid dienone is 2. The van der Waals surface area contributed by atoms with Gasteiger partial charge in [-0.1, -0.05) is 38.5 Å². The smallest absolute Gasteiger partial charge is 0.191 e. The fourth-order valence-electron chi connectivity index (χ4n) is 1.20. The zero-order valence-electron chi connectivity index (χ0n) is 11.9. The van der Waals surface area contributed by atoms with E-state index in [4.69, 9.17) is 4.43 Å². The topological polar surface area (TPSA) is 9.23 Å². The van der Waals surface area contributed by atoms with E-state index in [-0.39, 0.29) is 0 Å². The van der Waals surface area contributed by atoms with E-state index in [0.717, 1.165) is 19.4 Å². The molecule has 0 aromatic heterocycles. The molecule has 0 atom stereocenters. The largest absolute Gasteiger partial charge is 0.417 e. The zero-order valence-corrected chi connectivity index (χ0v) is 12.9. The Kier molecular flexibility index (Phi) is 6.27. The van der Waals surface area contributed by atoms with Crippen molar-refractivity contribution >= 4 is 8.32 Å². The summed E-state index contributed by atoms with van der Waals surface area (Å²) in [4.78, 5) is 0. The fraction of sp³-hybridized carbons (Fsp3) is 0.714. The van der Waals surface area contributed by atoms with Gasteiger partial charge in [-0.05, 0) is 37.9 Å². The van der Waals surface area contributed by atoms with Crippen LogP contribution in [0.3, 0.4) is 0 Å². The highest BCUT2D eigenvalue weighted by atomic mass is 28.4.